The number of carbonyl (C=O) groups is 1. The Hall–Kier alpha value is -4.19. The topological polar surface area (TPSA) is 47.8 Å². The van der Waals surface area contributed by atoms with E-state index in [9.17, 15) is 13.6 Å². The van der Waals surface area contributed by atoms with E-state index in [1.165, 1.54) is 30.3 Å². The van der Waals surface area contributed by atoms with E-state index in [0.717, 1.165) is 11.3 Å². The molecule has 4 nitrogen and oxygen atoms in total. The third-order valence-electron chi connectivity index (χ3n) is 4.54. The average Bonchev–Trinajstić information content (AvgIpc) is 3.23. The molecule has 4 aromatic rings. The molecule has 0 bridgehead atoms. The second-order valence-corrected chi connectivity index (χ2v) is 6.70. The van der Waals surface area contributed by atoms with Crippen molar-refractivity contribution < 1.29 is 13.6 Å². The molecule has 4 rings (SSSR count). The lowest BCUT2D eigenvalue weighted by Crippen LogP contribution is -2.02. The molecule has 0 atom stereocenters. The highest BCUT2D eigenvalue weighted by Gasteiger charge is 2.17. The minimum Gasteiger partial charge on any atom is -0.287 e. The van der Waals surface area contributed by atoms with Crippen LogP contribution in [0.25, 0.3) is 23.9 Å². The lowest BCUT2D eigenvalue weighted by atomic mass is 10.1. The largest absolute Gasteiger partial charge is 0.287 e. The van der Waals surface area contributed by atoms with Crippen LogP contribution in [0.4, 0.5) is 8.78 Å². The van der Waals surface area contributed by atoms with Crippen LogP contribution in [0.5, 0.6) is 0 Å². The molecule has 152 valence electrons. The van der Waals surface area contributed by atoms with Crippen LogP contribution in [0.15, 0.2) is 84.9 Å². The smallest absolute Gasteiger partial charge is 0.208 e. The van der Waals surface area contributed by atoms with Crippen LogP contribution in [0.2, 0.25) is 0 Å². The molecule has 0 aliphatic heterocycles. The molecule has 3 aromatic carbocycles. The molecule has 0 amide bonds. The van der Waals surface area contributed by atoms with Crippen molar-refractivity contribution in [1.29, 1.82) is 0 Å². The van der Waals surface area contributed by atoms with E-state index in [2.05, 4.69) is 10.3 Å². The maximum absolute atomic E-state index is 13.2. The minimum absolute atomic E-state index is 0.167. The molecule has 1 aromatic heterocycles. The first-order valence-corrected chi connectivity index (χ1v) is 9.53. The van der Waals surface area contributed by atoms with Gasteiger partial charge in [-0.2, -0.15) is 0 Å². The summed E-state index contributed by atoms with van der Waals surface area (Å²) in [6.45, 7) is 0. The van der Waals surface area contributed by atoms with Crippen molar-refractivity contribution in [1.82, 2.24) is 15.0 Å². The van der Waals surface area contributed by atoms with Crippen LogP contribution < -0.4 is 0 Å². The predicted molar refractivity (Wildman–Crippen MR) is 116 cm³/mol. The summed E-state index contributed by atoms with van der Waals surface area (Å²) in [4.78, 5) is 12.8. The maximum atomic E-state index is 13.2. The summed E-state index contributed by atoms with van der Waals surface area (Å²) in [5.41, 5.74) is 2.86. The second-order valence-electron chi connectivity index (χ2n) is 6.70. The van der Waals surface area contributed by atoms with Crippen LogP contribution in [0.1, 0.15) is 27.3 Å². The van der Waals surface area contributed by atoms with Gasteiger partial charge in [-0.25, -0.2) is 13.5 Å². The fourth-order valence-electron chi connectivity index (χ4n) is 2.95. The highest BCUT2D eigenvalue weighted by Crippen LogP contribution is 2.18. The second kappa shape index (κ2) is 9.09. The molecule has 0 saturated heterocycles. The Bertz CT molecular complexity index is 1240. The summed E-state index contributed by atoms with van der Waals surface area (Å²) in [5, 5.41) is 8.24. The third kappa shape index (κ3) is 4.87. The third-order valence-corrected chi connectivity index (χ3v) is 4.54. The van der Waals surface area contributed by atoms with Crippen molar-refractivity contribution in [2.24, 2.45) is 0 Å². The number of carbonyl (C=O) groups excluding carboxylic acids is 1. The molecular weight excluding hydrogens is 396 g/mol. The number of benzene rings is 3. The highest BCUT2D eigenvalue weighted by molar-refractivity contribution is 6.07. The lowest BCUT2D eigenvalue weighted by Gasteiger charge is -2.04. The van der Waals surface area contributed by atoms with Crippen molar-refractivity contribution in [2.45, 2.75) is 0 Å². The van der Waals surface area contributed by atoms with Crippen molar-refractivity contribution in [2.75, 3.05) is 0 Å². The van der Waals surface area contributed by atoms with E-state index >= 15 is 0 Å². The zero-order valence-electron chi connectivity index (χ0n) is 16.3. The summed E-state index contributed by atoms with van der Waals surface area (Å²) in [7, 11) is 0. The highest BCUT2D eigenvalue weighted by atomic mass is 19.1. The summed E-state index contributed by atoms with van der Waals surface area (Å²) in [6, 6.07) is 21.1. The van der Waals surface area contributed by atoms with Crippen LogP contribution in [0, 0.1) is 11.6 Å². The molecular formula is C25H17F2N3O. The number of allylic oxidation sites excluding steroid dienone is 1. The standard InChI is InChI=1S/C25H17F2N3O/c26-20-12-6-18(7-13-20)10-16-23-25(28-29-30(23)22-4-2-1-3-5-22)24(31)17-11-19-8-14-21(27)15-9-19/h1-17H/b16-10+,17-11+. The Balaban J connectivity index is 1.69. The normalized spacial score (nSPS) is 11.4. The van der Waals surface area contributed by atoms with E-state index in [0.29, 0.717) is 11.3 Å². The van der Waals surface area contributed by atoms with Crippen LogP contribution in [-0.4, -0.2) is 20.8 Å². The zero-order chi connectivity index (χ0) is 21.6. The average molecular weight is 413 g/mol. The maximum Gasteiger partial charge on any atom is 0.208 e. The molecule has 0 saturated carbocycles. The van der Waals surface area contributed by atoms with Crippen LogP contribution >= 0.6 is 0 Å². The van der Waals surface area contributed by atoms with Crippen molar-refractivity contribution in [3.63, 3.8) is 0 Å². The van der Waals surface area contributed by atoms with Gasteiger partial charge in [-0.3, -0.25) is 4.79 Å². The Morgan fingerprint density at radius 3 is 1.94 bits per heavy atom. The van der Waals surface area contributed by atoms with Gasteiger partial charge in [0.2, 0.25) is 5.78 Å². The Morgan fingerprint density at radius 1 is 0.742 bits per heavy atom. The predicted octanol–water partition coefficient (Wildman–Crippen LogP) is 5.61. The molecule has 6 heteroatoms. The number of hydrogen-bond donors (Lipinski definition) is 0. The van der Waals surface area contributed by atoms with Crippen molar-refractivity contribution in [3.8, 4) is 5.69 Å². The van der Waals surface area contributed by atoms with E-state index < -0.39 is 0 Å². The number of halogens is 2. The number of ketones is 1. The monoisotopic (exact) mass is 413 g/mol. The first-order chi connectivity index (χ1) is 15.1. The summed E-state index contributed by atoms with van der Waals surface area (Å²) in [5.74, 6) is -1.01. The van der Waals surface area contributed by atoms with Gasteiger partial charge >= 0.3 is 0 Å². The van der Waals surface area contributed by atoms with Gasteiger partial charge in [-0.1, -0.05) is 59.8 Å². The summed E-state index contributed by atoms with van der Waals surface area (Å²) >= 11 is 0. The SMILES string of the molecule is O=C(/C=C/c1ccc(F)cc1)c1nnn(-c2ccccc2)c1/C=C/c1ccc(F)cc1. The summed E-state index contributed by atoms with van der Waals surface area (Å²) < 4.78 is 27.8. The van der Waals surface area contributed by atoms with Gasteiger partial charge in [-0.15, -0.1) is 5.10 Å². The van der Waals surface area contributed by atoms with E-state index in [1.807, 2.05) is 30.3 Å². The van der Waals surface area contributed by atoms with E-state index in [4.69, 9.17) is 0 Å². The van der Waals surface area contributed by atoms with E-state index in [1.54, 1.807) is 47.2 Å². The summed E-state index contributed by atoms with van der Waals surface area (Å²) in [6.07, 6.45) is 6.45. The van der Waals surface area contributed by atoms with Crippen LogP contribution in [-0.2, 0) is 0 Å². The number of hydrogen-bond acceptors (Lipinski definition) is 3. The van der Waals surface area contributed by atoms with Gasteiger partial charge in [0.1, 0.15) is 11.6 Å². The first kappa shape index (κ1) is 20.1. The van der Waals surface area contributed by atoms with Crippen LogP contribution in [0.3, 0.4) is 0 Å². The fraction of sp³-hybridized carbons (Fsp3) is 0. The molecule has 31 heavy (non-hydrogen) atoms. The minimum atomic E-state index is -0.345. The lowest BCUT2D eigenvalue weighted by molar-refractivity contribution is 0.104. The van der Waals surface area contributed by atoms with Gasteiger partial charge in [0, 0.05) is 0 Å². The quantitative estimate of drug-likeness (QED) is 0.305. The van der Waals surface area contributed by atoms with Gasteiger partial charge in [0.15, 0.2) is 5.69 Å². The van der Waals surface area contributed by atoms with Crippen molar-refractivity contribution >= 4 is 24.0 Å². The Labute approximate surface area is 177 Å². The molecule has 0 aliphatic carbocycles. The molecule has 0 N–H and O–H groups in total. The first-order valence-electron chi connectivity index (χ1n) is 9.53. The number of aromatic nitrogens is 3. The molecule has 1 heterocycles. The molecule has 0 spiro atoms. The zero-order valence-corrected chi connectivity index (χ0v) is 16.3. The van der Waals surface area contributed by atoms with Gasteiger partial charge in [-0.05, 0) is 59.7 Å². The molecule has 0 aliphatic rings. The Kier molecular flexibility index (Phi) is 5.89. The fourth-order valence-corrected chi connectivity index (χ4v) is 2.95. The number of rotatable bonds is 6. The number of nitrogens with zero attached hydrogens (tertiary/aromatic N) is 3. The van der Waals surface area contributed by atoms with Gasteiger partial charge in [0.25, 0.3) is 0 Å². The van der Waals surface area contributed by atoms with Gasteiger partial charge in [0.05, 0.1) is 11.4 Å². The van der Waals surface area contributed by atoms with Crippen molar-refractivity contribution in [3.05, 3.63) is 119 Å². The molecule has 0 radical (unpaired) electrons. The number of para-hydroxylation sites is 1. The Morgan fingerprint density at radius 2 is 1.32 bits per heavy atom. The molecule has 0 fully saturated rings. The molecule has 0 unspecified atom stereocenters. The van der Waals surface area contributed by atoms with E-state index in [-0.39, 0.29) is 23.1 Å². The van der Waals surface area contributed by atoms with Gasteiger partial charge < -0.3 is 0 Å².